The molecule has 6 nitrogen and oxygen atoms in total. The van der Waals surface area contributed by atoms with E-state index in [0.717, 1.165) is 19.6 Å². The highest BCUT2D eigenvalue weighted by atomic mass is 15.3. The third kappa shape index (κ3) is 2.08. The normalized spacial score (nSPS) is 25.4. The summed E-state index contributed by atoms with van der Waals surface area (Å²) in [5.41, 5.74) is 2.64. The van der Waals surface area contributed by atoms with Gasteiger partial charge < -0.3 is 4.57 Å². The summed E-state index contributed by atoms with van der Waals surface area (Å²) in [6.45, 7) is 5.20. The number of hydrogen-bond donors (Lipinski definition) is 1. The second kappa shape index (κ2) is 4.65. The molecule has 6 heteroatoms. The standard InChI is InChI=1S/C16H22N6/c1-10-7-21(8-12-6-17-19-15(10)12)9-14-18-20-16(11-2-3-11)22(14)13-4-5-13/h6,10-11,13H,2-5,7-9H2,1H3,(H,17,19). The van der Waals surface area contributed by atoms with Crippen molar-refractivity contribution in [2.45, 2.75) is 63.6 Å². The van der Waals surface area contributed by atoms with Gasteiger partial charge in [0.2, 0.25) is 0 Å². The molecule has 1 unspecified atom stereocenters. The van der Waals surface area contributed by atoms with Crippen molar-refractivity contribution in [2.75, 3.05) is 6.54 Å². The molecule has 0 saturated heterocycles. The molecule has 0 spiro atoms. The van der Waals surface area contributed by atoms with Crippen molar-refractivity contribution < 1.29 is 0 Å². The van der Waals surface area contributed by atoms with Crippen LogP contribution in [0.1, 0.15) is 73.4 Å². The minimum atomic E-state index is 0.506. The van der Waals surface area contributed by atoms with Crippen molar-refractivity contribution in [3.63, 3.8) is 0 Å². The second-order valence-electron chi connectivity index (χ2n) is 7.23. The van der Waals surface area contributed by atoms with Gasteiger partial charge in [0.25, 0.3) is 0 Å². The second-order valence-corrected chi connectivity index (χ2v) is 7.23. The Morgan fingerprint density at radius 3 is 2.86 bits per heavy atom. The quantitative estimate of drug-likeness (QED) is 0.941. The Balaban J connectivity index is 1.40. The molecule has 5 rings (SSSR count). The molecule has 2 aromatic rings. The van der Waals surface area contributed by atoms with E-state index in [1.165, 1.54) is 48.6 Å². The van der Waals surface area contributed by atoms with Gasteiger partial charge in [-0.3, -0.25) is 10.00 Å². The maximum atomic E-state index is 4.55. The van der Waals surface area contributed by atoms with Crippen molar-refractivity contribution in [3.05, 3.63) is 29.1 Å². The highest BCUT2D eigenvalue weighted by Crippen LogP contribution is 2.45. The van der Waals surface area contributed by atoms with Gasteiger partial charge in [-0.2, -0.15) is 5.10 Å². The molecule has 22 heavy (non-hydrogen) atoms. The van der Waals surface area contributed by atoms with Gasteiger partial charge in [-0.15, -0.1) is 10.2 Å². The van der Waals surface area contributed by atoms with E-state index in [9.17, 15) is 0 Å². The lowest BCUT2D eigenvalue weighted by Crippen LogP contribution is -2.33. The lowest BCUT2D eigenvalue weighted by Gasteiger charge is -2.30. The fraction of sp³-hybridized carbons (Fsp3) is 0.688. The molecule has 2 saturated carbocycles. The zero-order chi connectivity index (χ0) is 14.7. The molecule has 1 aliphatic heterocycles. The van der Waals surface area contributed by atoms with Crippen molar-refractivity contribution >= 4 is 0 Å². The third-order valence-corrected chi connectivity index (χ3v) is 5.18. The summed E-state index contributed by atoms with van der Waals surface area (Å²) >= 11 is 0. The Morgan fingerprint density at radius 2 is 2.09 bits per heavy atom. The zero-order valence-corrected chi connectivity index (χ0v) is 13.0. The molecule has 0 bridgehead atoms. The first-order chi connectivity index (χ1) is 10.8. The first-order valence-electron chi connectivity index (χ1n) is 8.47. The van der Waals surface area contributed by atoms with Gasteiger partial charge in [0.15, 0.2) is 0 Å². The molecular weight excluding hydrogens is 276 g/mol. The molecule has 116 valence electrons. The number of fused-ring (bicyclic) bond motifs is 1. The number of hydrogen-bond acceptors (Lipinski definition) is 4. The number of H-pyrrole nitrogens is 1. The van der Waals surface area contributed by atoms with E-state index in [0.29, 0.717) is 17.9 Å². The summed E-state index contributed by atoms with van der Waals surface area (Å²) in [4.78, 5) is 2.49. The van der Waals surface area contributed by atoms with E-state index in [4.69, 9.17) is 0 Å². The summed E-state index contributed by atoms with van der Waals surface area (Å²) in [6.07, 6.45) is 7.16. The predicted octanol–water partition coefficient (Wildman–Crippen LogP) is 2.33. The Bertz CT molecular complexity index is 693. The number of nitrogens with one attached hydrogen (secondary N) is 1. The van der Waals surface area contributed by atoms with Crippen LogP contribution in [0.3, 0.4) is 0 Å². The van der Waals surface area contributed by atoms with Gasteiger partial charge in [-0.1, -0.05) is 6.92 Å². The molecule has 2 aromatic heterocycles. The lowest BCUT2D eigenvalue weighted by atomic mass is 9.98. The minimum Gasteiger partial charge on any atom is -0.311 e. The zero-order valence-electron chi connectivity index (χ0n) is 13.0. The molecule has 1 atom stereocenters. The van der Waals surface area contributed by atoms with E-state index in [1.54, 1.807) is 0 Å². The molecular formula is C16H22N6. The van der Waals surface area contributed by atoms with Crippen LogP contribution in [0.5, 0.6) is 0 Å². The van der Waals surface area contributed by atoms with E-state index < -0.39 is 0 Å². The minimum absolute atomic E-state index is 0.506. The molecule has 0 aromatic carbocycles. The first-order valence-corrected chi connectivity index (χ1v) is 8.47. The predicted molar refractivity (Wildman–Crippen MR) is 81.4 cm³/mol. The van der Waals surface area contributed by atoms with Crippen LogP contribution in [0.25, 0.3) is 0 Å². The van der Waals surface area contributed by atoms with Crippen molar-refractivity contribution in [2.24, 2.45) is 0 Å². The Labute approximate surface area is 129 Å². The van der Waals surface area contributed by atoms with Crippen molar-refractivity contribution in [1.29, 1.82) is 0 Å². The molecule has 0 amide bonds. The molecule has 3 heterocycles. The maximum Gasteiger partial charge on any atom is 0.147 e. The number of aromatic nitrogens is 5. The molecule has 0 radical (unpaired) electrons. The summed E-state index contributed by atoms with van der Waals surface area (Å²) < 4.78 is 2.47. The van der Waals surface area contributed by atoms with Crippen LogP contribution in [0.2, 0.25) is 0 Å². The highest BCUT2D eigenvalue weighted by Gasteiger charge is 2.36. The number of rotatable bonds is 4. The van der Waals surface area contributed by atoms with Gasteiger partial charge in [-0.25, -0.2) is 0 Å². The van der Waals surface area contributed by atoms with Crippen LogP contribution < -0.4 is 0 Å². The number of aromatic amines is 1. The van der Waals surface area contributed by atoms with Crippen LogP contribution in [0.4, 0.5) is 0 Å². The van der Waals surface area contributed by atoms with Gasteiger partial charge in [-0.05, 0) is 25.7 Å². The third-order valence-electron chi connectivity index (χ3n) is 5.18. The van der Waals surface area contributed by atoms with E-state index in [-0.39, 0.29) is 0 Å². The topological polar surface area (TPSA) is 62.6 Å². The number of nitrogens with zero attached hydrogens (tertiary/aromatic N) is 5. The Hall–Kier alpha value is -1.69. The largest absolute Gasteiger partial charge is 0.311 e. The van der Waals surface area contributed by atoms with Crippen LogP contribution in [-0.4, -0.2) is 36.4 Å². The van der Waals surface area contributed by atoms with E-state index in [1.807, 2.05) is 6.20 Å². The maximum absolute atomic E-state index is 4.55. The Kier molecular flexibility index (Phi) is 2.71. The molecule has 2 fully saturated rings. The monoisotopic (exact) mass is 298 g/mol. The molecule has 3 aliphatic rings. The van der Waals surface area contributed by atoms with Crippen LogP contribution in [0.15, 0.2) is 6.20 Å². The van der Waals surface area contributed by atoms with Crippen LogP contribution >= 0.6 is 0 Å². The fourth-order valence-corrected chi connectivity index (χ4v) is 3.77. The van der Waals surface area contributed by atoms with Crippen molar-refractivity contribution in [1.82, 2.24) is 29.9 Å². The summed E-state index contributed by atoms with van der Waals surface area (Å²) in [6, 6.07) is 0.673. The fourth-order valence-electron chi connectivity index (χ4n) is 3.77. The smallest absolute Gasteiger partial charge is 0.147 e. The van der Waals surface area contributed by atoms with Gasteiger partial charge in [0.05, 0.1) is 12.7 Å². The Morgan fingerprint density at radius 1 is 1.23 bits per heavy atom. The van der Waals surface area contributed by atoms with Gasteiger partial charge in [0.1, 0.15) is 11.6 Å². The first kappa shape index (κ1) is 12.8. The summed E-state index contributed by atoms with van der Waals surface area (Å²) in [5.74, 6) is 3.61. The molecule has 1 N–H and O–H groups in total. The molecule has 2 aliphatic carbocycles. The summed E-state index contributed by atoms with van der Waals surface area (Å²) in [7, 11) is 0. The lowest BCUT2D eigenvalue weighted by molar-refractivity contribution is 0.216. The van der Waals surface area contributed by atoms with E-state index in [2.05, 4.69) is 36.8 Å². The average molecular weight is 298 g/mol. The van der Waals surface area contributed by atoms with Crippen LogP contribution in [-0.2, 0) is 13.1 Å². The highest BCUT2D eigenvalue weighted by molar-refractivity contribution is 5.23. The van der Waals surface area contributed by atoms with Gasteiger partial charge >= 0.3 is 0 Å². The van der Waals surface area contributed by atoms with Gasteiger partial charge in [0, 0.05) is 42.2 Å². The summed E-state index contributed by atoms with van der Waals surface area (Å²) in [5, 5.41) is 16.4. The average Bonchev–Trinajstić information content (AvgIpc) is 3.43. The van der Waals surface area contributed by atoms with Crippen molar-refractivity contribution in [3.8, 4) is 0 Å². The van der Waals surface area contributed by atoms with E-state index >= 15 is 0 Å². The SMILES string of the molecule is CC1CN(Cc2nnc(C3CC3)n2C2CC2)Cc2cn[nH]c21. The van der Waals surface area contributed by atoms with Crippen LogP contribution in [0, 0.1) is 0 Å².